The van der Waals surface area contributed by atoms with Crippen molar-refractivity contribution < 1.29 is 4.79 Å². The fourth-order valence-electron chi connectivity index (χ4n) is 2.76. The molecule has 0 bridgehead atoms. The lowest BCUT2D eigenvalue weighted by Crippen LogP contribution is -2.39. The summed E-state index contributed by atoms with van der Waals surface area (Å²) in [7, 11) is 0. The predicted octanol–water partition coefficient (Wildman–Crippen LogP) is 3.80. The number of rotatable bonds is 3. The third kappa shape index (κ3) is 2.54. The topological polar surface area (TPSA) is 20.3 Å². The van der Waals surface area contributed by atoms with Crippen molar-refractivity contribution in [2.24, 2.45) is 5.92 Å². The highest BCUT2D eigenvalue weighted by Crippen LogP contribution is 2.37. The zero-order valence-corrected chi connectivity index (χ0v) is 11.2. The van der Waals surface area contributed by atoms with Crippen molar-refractivity contribution in [1.82, 2.24) is 4.90 Å². The minimum Gasteiger partial charge on any atom is -0.335 e. The molecule has 1 aromatic carbocycles. The van der Waals surface area contributed by atoms with Crippen LogP contribution in [-0.2, 0) is 4.79 Å². The van der Waals surface area contributed by atoms with E-state index in [1.165, 1.54) is 18.4 Å². The van der Waals surface area contributed by atoms with Gasteiger partial charge in [0.1, 0.15) is 0 Å². The van der Waals surface area contributed by atoms with E-state index in [4.69, 9.17) is 11.6 Å². The van der Waals surface area contributed by atoms with E-state index in [9.17, 15) is 4.79 Å². The number of hydrogen-bond donors (Lipinski definition) is 0. The first-order valence-corrected chi connectivity index (χ1v) is 7.17. The van der Waals surface area contributed by atoms with E-state index in [1.54, 1.807) is 0 Å². The quantitative estimate of drug-likeness (QED) is 0.812. The number of benzene rings is 1. The van der Waals surface area contributed by atoms with Crippen LogP contribution in [0.25, 0.3) is 0 Å². The molecule has 3 rings (SSSR count). The summed E-state index contributed by atoms with van der Waals surface area (Å²) in [6.45, 7) is 0.951. The lowest BCUT2D eigenvalue weighted by molar-refractivity contribution is -0.136. The van der Waals surface area contributed by atoms with E-state index in [0.29, 0.717) is 5.91 Å². The largest absolute Gasteiger partial charge is 0.335 e. The van der Waals surface area contributed by atoms with Crippen molar-refractivity contribution in [3.8, 4) is 0 Å². The van der Waals surface area contributed by atoms with E-state index in [2.05, 4.69) is 17.0 Å². The van der Waals surface area contributed by atoms with Gasteiger partial charge in [0, 0.05) is 18.0 Å². The van der Waals surface area contributed by atoms with Crippen molar-refractivity contribution in [2.45, 2.75) is 38.1 Å². The maximum atomic E-state index is 12.1. The van der Waals surface area contributed by atoms with Gasteiger partial charge in [-0.05, 0) is 49.3 Å². The van der Waals surface area contributed by atoms with E-state index in [1.807, 2.05) is 12.1 Å². The zero-order chi connectivity index (χ0) is 12.5. The molecule has 18 heavy (non-hydrogen) atoms. The van der Waals surface area contributed by atoms with Gasteiger partial charge in [0.05, 0.1) is 6.04 Å². The molecule has 0 aromatic heterocycles. The van der Waals surface area contributed by atoms with Gasteiger partial charge in [-0.15, -0.1) is 0 Å². The molecule has 0 radical (unpaired) electrons. The van der Waals surface area contributed by atoms with Crippen molar-refractivity contribution >= 4 is 17.5 Å². The predicted molar refractivity (Wildman–Crippen MR) is 72.5 cm³/mol. The molecule has 1 amide bonds. The van der Waals surface area contributed by atoms with Crippen LogP contribution in [0.15, 0.2) is 24.3 Å². The normalized spacial score (nSPS) is 24.4. The molecule has 1 saturated carbocycles. The molecule has 0 unspecified atom stereocenters. The Labute approximate surface area is 113 Å². The molecular formula is C15H18ClNO. The van der Waals surface area contributed by atoms with Gasteiger partial charge >= 0.3 is 0 Å². The van der Waals surface area contributed by atoms with Crippen LogP contribution >= 0.6 is 11.6 Å². The Kier molecular flexibility index (Phi) is 3.29. The molecule has 0 spiro atoms. The van der Waals surface area contributed by atoms with Gasteiger partial charge in [0.2, 0.25) is 5.91 Å². The van der Waals surface area contributed by atoms with Gasteiger partial charge in [0.15, 0.2) is 0 Å². The second-order valence-electron chi connectivity index (χ2n) is 5.45. The number of piperidine rings is 1. The number of halogens is 1. The maximum absolute atomic E-state index is 12.1. The first-order valence-electron chi connectivity index (χ1n) is 6.79. The smallest absolute Gasteiger partial charge is 0.223 e. The number of nitrogens with zero attached hydrogens (tertiary/aromatic N) is 1. The van der Waals surface area contributed by atoms with Crippen molar-refractivity contribution in [2.75, 3.05) is 6.54 Å². The summed E-state index contributed by atoms with van der Waals surface area (Å²) in [5.41, 5.74) is 1.23. The molecule has 3 heteroatoms. The molecule has 1 aliphatic heterocycles. The monoisotopic (exact) mass is 263 g/mol. The molecule has 2 nitrogen and oxygen atoms in total. The Morgan fingerprint density at radius 3 is 2.56 bits per heavy atom. The van der Waals surface area contributed by atoms with Crippen LogP contribution in [-0.4, -0.2) is 17.4 Å². The number of carbonyl (C=O) groups excluding carboxylic acids is 1. The number of hydrogen-bond acceptors (Lipinski definition) is 1. The van der Waals surface area contributed by atoms with E-state index in [0.717, 1.165) is 36.7 Å². The van der Waals surface area contributed by atoms with Crippen LogP contribution in [0.1, 0.15) is 43.7 Å². The third-order valence-electron chi connectivity index (χ3n) is 3.97. The van der Waals surface area contributed by atoms with Gasteiger partial charge in [-0.25, -0.2) is 0 Å². The fourth-order valence-corrected chi connectivity index (χ4v) is 2.89. The summed E-state index contributed by atoms with van der Waals surface area (Å²) in [5.74, 6) is 1.08. The first kappa shape index (κ1) is 12.0. The Balaban J connectivity index is 1.81. The Bertz CT molecular complexity index is 438. The fraction of sp³-hybridized carbons (Fsp3) is 0.533. The Morgan fingerprint density at radius 2 is 1.89 bits per heavy atom. The molecule has 2 fully saturated rings. The molecule has 1 saturated heterocycles. The van der Waals surface area contributed by atoms with Gasteiger partial charge < -0.3 is 4.90 Å². The average molecular weight is 264 g/mol. The number of likely N-dealkylation sites (tertiary alicyclic amines) is 1. The lowest BCUT2D eigenvalue weighted by atomic mass is 9.94. The third-order valence-corrected chi connectivity index (χ3v) is 4.22. The molecule has 0 N–H and O–H groups in total. The second kappa shape index (κ2) is 4.93. The highest BCUT2D eigenvalue weighted by atomic mass is 35.5. The zero-order valence-electron chi connectivity index (χ0n) is 10.4. The van der Waals surface area contributed by atoms with Crippen LogP contribution in [0.2, 0.25) is 5.02 Å². The summed E-state index contributed by atoms with van der Waals surface area (Å²) in [6, 6.07) is 8.23. The first-order chi connectivity index (χ1) is 8.74. The van der Waals surface area contributed by atoms with Crippen molar-refractivity contribution in [1.29, 1.82) is 0 Å². The minimum absolute atomic E-state index is 0.268. The van der Waals surface area contributed by atoms with Crippen LogP contribution in [0, 0.1) is 5.92 Å². The van der Waals surface area contributed by atoms with Crippen LogP contribution in [0.4, 0.5) is 0 Å². The summed E-state index contributed by atoms with van der Waals surface area (Å²) in [5, 5.41) is 0.759. The Hall–Kier alpha value is -1.02. The average Bonchev–Trinajstić information content (AvgIpc) is 3.17. The van der Waals surface area contributed by atoms with E-state index in [-0.39, 0.29) is 6.04 Å². The molecule has 2 aliphatic rings. The van der Waals surface area contributed by atoms with Gasteiger partial charge in [-0.1, -0.05) is 23.7 Å². The van der Waals surface area contributed by atoms with Crippen molar-refractivity contribution in [3.63, 3.8) is 0 Å². The Morgan fingerprint density at radius 1 is 1.17 bits per heavy atom. The van der Waals surface area contributed by atoms with Gasteiger partial charge in [0.25, 0.3) is 0 Å². The summed E-state index contributed by atoms with van der Waals surface area (Å²) in [4.78, 5) is 14.2. The maximum Gasteiger partial charge on any atom is 0.223 e. The molecular weight excluding hydrogens is 246 g/mol. The summed E-state index contributed by atoms with van der Waals surface area (Å²) >= 11 is 5.93. The van der Waals surface area contributed by atoms with Gasteiger partial charge in [-0.2, -0.15) is 0 Å². The summed E-state index contributed by atoms with van der Waals surface area (Å²) in [6.07, 6.45) is 5.39. The number of carbonyl (C=O) groups is 1. The SMILES string of the molecule is O=C1CCC[C@@H](c2ccc(Cl)cc2)N1CC1CC1. The van der Waals surface area contributed by atoms with Gasteiger partial charge in [-0.3, -0.25) is 4.79 Å². The van der Waals surface area contributed by atoms with Crippen LogP contribution < -0.4 is 0 Å². The lowest BCUT2D eigenvalue weighted by Gasteiger charge is -2.36. The summed E-state index contributed by atoms with van der Waals surface area (Å²) < 4.78 is 0. The standard InChI is InChI=1S/C15H18ClNO/c16-13-8-6-12(7-9-13)14-2-1-3-15(18)17(14)10-11-4-5-11/h6-9,11,14H,1-5,10H2/t14-/m0/s1. The number of amides is 1. The highest BCUT2D eigenvalue weighted by Gasteiger charge is 2.33. The van der Waals surface area contributed by atoms with Crippen LogP contribution in [0.3, 0.4) is 0 Å². The highest BCUT2D eigenvalue weighted by molar-refractivity contribution is 6.30. The van der Waals surface area contributed by atoms with E-state index < -0.39 is 0 Å². The second-order valence-corrected chi connectivity index (χ2v) is 5.89. The minimum atomic E-state index is 0.268. The molecule has 1 aliphatic carbocycles. The molecule has 96 valence electrons. The van der Waals surface area contributed by atoms with Crippen LogP contribution in [0.5, 0.6) is 0 Å². The van der Waals surface area contributed by atoms with E-state index >= 15 is 0 Å². The molecule has 1 atom stereocenters. The molecule has 1 heterocycles. The molecule has 1 aromatic rings. The van der Waals surface area contributed by atoms with Crippen molar-refractivity contribution in [3.05, 3.63) is 34.9 Å².